The molecular weight excluding hydrogens is 288 g/mol. The number of thiophene rings is 1. The molecule has 4 rings (SSSR count). The Morgan fingerprint density at radius 2 is 1.29 bits per heavy atom. The van der Waals surface area contributed by atoms with Crippen LogP contribution in [-0.2, 0) is 0 Å². The number of rotatable bonds is 2. The lowest BCUT2D eigenvalue weighted by Gasteiger charge is -2.02. The molecule has 0 unspecified atom stereocenters. The summed E-state index contributed by atoms with van der Waals surface area (Å²) in [7, 11) is 0. The van der Waals surface area contributed by atoms with Gasteiger partial charge in [0, 0.05) is 11.1 Å². The highest BCUT2D eigenvalue weighted by Crippen LogP contribution is 2.53. The summed E-state index contributed by atoms with van der Waals surface area (Å²) in [5, 5.41) is 20.7. The number of aromatic carboxylic acids is 2. The van der Waals surface area contributed by atoms with Crippen molar-refractivity contribution in [2.45, 2.75) is 0 Å². The lowest BCUT2D eigenvalue weighted by atomic mass is 10.0. The van der Waals surface area contributed by atoms with E-state index in [-0.39, 0.29) is 9.75 Å². The highest BCUT2D eigenvalue weighted by atomic mass is 32.1. The summed E-state index contributed by atoms with van der Waals surface area (Å²) in [5.41, 5.74) is 2.69. The van der Waals surface area contributed by atoms with Crippen molar-refractivity contribution in [3.63, 3.8) is 0 Å². The van der Waals surface area contributed by atoms with Gasteiger partial charge in [-0.1, -0.05) is 36.4 Å². The van der Waals surface area contributed by atoms with Gasteiger partial charge in [0.15, 0.2) is 0 Å². The van der Waals surface area contributed by atoms with Crippen LogP contribution in [0.25, 0.3) is 33.0 Å². The Labute approximate surface area is 122 Å². The Bertz CT molecular complexity index is 881. The second-order valence-corrected chi connectivity index (χ2v) is 5.85. The molecule has 0 radical (unpaired) electrons. The van der Waals surface area contributed by atoms with Gasteiger partial charge in [0.05, 0.1) is 0 Å². The van der Waals surface area contributed by atoms with Crippen LogP contribution in [-0.4, -0.2) is 22.2 Å². The zero-order chi connectivity index (χ0) is 14.7. The van der Waals surface area contributed by atoms with E-state index in [1.807, 2.05) is 36.4 Å². The molecule has 2 N–H and O–H groups in total. The number of carboxylic acid groups (broad SMARTS) is 2. The topological polar surface area (TPSA) is 74.6 Å². The lowest BCUT2D eigenvalue weighted by Crippen LogP contribution is -1.94. The molecule has 1 heterocycles. The van der Waals surface area contributed by atoms with Crippen LogP contribution in [0, 0.1) is 0 Å². The molecule has 0 spiro atoms. The average molecular weight is 296 g/mol. The van der Waals surface area contributed by atoms with Crippen LogP contribution in [0.3, 0.4) is 0 Å². The summed E-state index contributed by atoms with van der Waals surface area (Å²) in [4.78, 5) is 23.1. The summed E-state index contributed by atoms with van der Waals surface area (Å²) < 4.78 is 0. The maximum Gasteiger partial charge on any atom is 0.346 e. The Kier molecular flexibility index (Phi) is 2.26. The first-order chi connectivity index (χ1) is 10.1. The minimum Gasteiger partial charge on any atom is -0.477 e. The van der Waals surface area contributed by atoms with E-state index in [2.05, 4.69) is 0 Å². The van der Waals surface area contributed by atoms with Crippen molar-refractivity contribution in [3.05, 3.63) is 46.2 Å². The summed E-state index contributed by atoms with van der Waals surface area (Å²) in [6.07, 6.45) is 0. The van der Waals surface area contributed by atoms with Crippen molar-refractivity contribution >= 4 is 34.0 Å². The van der Waals surface area contributed by atoms with Crippen molar-refractivity contribution in [2.24, 2.45) is 0 Å². The van der Waals surface area contributed by atoms with Crippen molar-refractivity contribution in [3.8, 4) is 22.3 Å². The van der Waals surface area contributed by atoms with Crippen molar-refractivity contribution < 1.29 is 19.8 Å². The Morgan fingerprint density at radius 1 is 0.810 bits per heavy atom. The number of carbonyl (C=O) groups is 2. The van der Waals surface area contributed by atoms with Gasteiger partial charge < -0.3 is 10.2 Å². The monoisotopic (exact) mass is 296 g/mol. The van der Waals surface area contributed by atoms with E-state index in [4.69, 9.17) is 0 Å². The normalized spacial score (nSPS) is 11.6. The molecule has 0 fully saturated rings. The molecule has 1 aliphatic carbocycles. The van der Waals surface area contributed by atoms with Crippen LogP contribution in [0.5, 0.6) is 0 Å². The van der Waals surface area contributed by atoms with Crippen LogP contribution in [0.1, 0.15) is 19.3 Å². The third-order valence-electron chi connectivity index (χ3n) is 3.74. The first kappa shape index (κ1) is 12.1. The van der Waals surface area contributed by atoms with E-state index in [1.54, 1.807) is 0 Å². The van der Waals surface area contributed by atoms with Crippen molar-refractivity contribution in [2.75, 3.05) is 0 Å². The maximum absolute atomic E-state index is 11.5. The summed E-state index contributed by atoms with van der Waals surface area (Å²) in [5.74, 6) is -2.18. The molecule has 0 bridgehead atoms. The van der Waals surface area contributed by atoms with Gasteiger partial charge in [-0.2, -0.15) is 0 Å². The number of hydrogen-bond acceptors (Lipinski definition) is 3. The third-order valence-corrected chi connectivity index (χ3v) is 4.91. The Balaban J connectivity index is 2.23. The van der Waals surface area contributed by atoms with Crippen molar-refractivity contribution in [1.82, 2.24) is 0 Å². The van der Waals surface area contributed by atoms with E-state index < -0.39 is 11.9 Å². The van der Waals surface area contributed by atoms with Crippen LogP contribution in [0.2, 0.25) is 0 Å². The van der Waals surface area contributed by atoms with Crippen LogP contribution >= 0.6 is 11.3 Å². The Hall–Kier alpha value is -2.66. The SMILES string of the molecule is O=C(O)c1sc(C(=O)O)c2c1-c1cccc3cccc-2c13. The fourth-order valence-electron chi connectivity index (χ4n) is 3.00. The second-order valence-electron chi connectivity index (χ2n) is 4.83. The van der Waals surface area contributed by atoms with Crippen LogP contribution in [0.15, 0.2) is 36.4 Å². The van der Waals surface area contributed by atoms with E-state index in [1.165, 1.54) is 0 Å². The van der Waals surface area contributed by atoms with Gasteiger partial charge >= 0.3 is 11.9 Å². The maximum atomic E-state index is 11.5. The number of hydrogen-bond donors (Lipinski definition) is 2. The molecule has 5 heteroatoms. The largest absolute Gasteiger partial charge is 0.477 e. The van der Waals surface area contributed by atoms with Gasteiger partial charge in [-0.3, -0.25) is 0 Å². The molecule has 102 valence electrons. The second kappa shape index (κ2) is 3.93. The van der Waals surface area contributed by atoms with Gasteiger partial charge in [0.25, 0.3) is 0 Å². The lowest BCUT2D eigenvalue weighted by molar-refractivity contribution is 0.0694. The fourth-order valence-corrected chi connectivity index (χ4v) is 4.01. The first-order valence-electron chi connectivity index (χ1n) is 6.25. The summed E-state index contributed by atoms with van der Waals surface area (Å²) in [6.45, 7) is 0. The summed E-state index contributed by atoms with van der Waals surface area (Å²) in [6, 6.07) is 11.3. The molecule has 2 aromatic carbocycles. The standard InChI is InChI=1S/C16H8O4S/c17-15(18)13-11-8-5-1-3-7-4-2-6-9(10(7)8)12(11)14(21-13)16(19)20/h1-6H,(H,17,18)(H,19,20). The van der Waals surface area contributed by atoms with E-state index >= 15 is 0 Å². The molecule has 4 nitrogen and oxygen atoms in total. The highest BCUT2D eigenvalue weighted by Gasteiger charge is 2.33. The Morgan fingerprint density at radius 3 is 1.71 bits per heavy atom. The van der Waals surface area contributed by atoms with Crippen LogP contribution in [0.4, 0.5) is 0 Å². The number of carboxylic acids is 2. The molecule has 3 aromatic rings. The van der Waals surface area contributed by atoms with E-state index in [0.29, 0.717) is 11.1 Å². The van der Waals surface area contributed by atoms with Gasteiger partial charge in [-0.25, -0.2) is 9.59 Å². The number of fused-ring (bicyclic) bond motifs is 3. The molecule has 0 atom stereocenters. The van der Waals surface area contributed by atoms with Gasteiger partial charge in [0.2, 0.25) is 0 Å². The summed E-state index contributed by atoms with van der Waals surface area (Å²) >= 11 is 0.827. The molecule has 1 aliphatic rings. The zero-order valence-electron chi connectivity index (χ0n) is 10.6. The molecule has 0 saturated heterocycles. The zero-order valence-corrected chi connectivity index (χ0v) is 11.4. The molecule has 0 amide bonds. The molecular formula is C16H8O4S. The predicted octanol–water partition coefficient (Wildman–Crippen LogP) is 3.95. The average Bonchev–Trinajstić information content (AvgIpc) is 2.99. The first-order valence-corrected chi connectivity index (χ1v) is 7.07. The van der Waals surface area contributed by atoms with Crippen LogP contribution < -0.4 is 0 Å². The minimum atomic E-state index is -1.09. The quantitative estimate of drug-likeness (QED) is 0.587. The minimum absolute atomic E-state index is 0.0890. The van der Waals surface area contributed by atoms with Gasteiger partial charge in [-0.15, -0.1) is 11.3 Å². The molecule has 0 aliphatic heterocycles. The number of benzene rings is 2. The van der Waals surface area contributed by atoms with E-state index in [0.717, 1.165) is 33.2 Å². The van der Waals surface area contributed by atoms with Gasteiger partial charge in [-0.05, 0) is 21.9 Å². The fraction of sp³-hybridized carbons (Fsp3) is 0. The highest BCUT2D eigenvalue weighted by molar-refractivity contribution is 7.17. The molecule has 1 aromatic heterocycles. The van der Waals surface area contributed by atoms with E-state index in [9.17, 15) is 19.8 Å². The molecule has 0 saturated carbocycles. The molecule has 21 heavy (non-hydrogen) atoms. The smallest absolute Gasteiger partial charge is 0.346 e. The van der Waals surface area contributed by atoms with Gasteiger partial charge in [0.1, 0.15) is 9.75 Å². The van der Waals surface area contributed by atoms with Crippen molar-refractivity contribution in [1.29, 1.82) is 0 Å². The third kappa shape index (κ3) is 1.43. The predicted molar refractivity (Wildman–Crippen MR) is 80.2 cm³/mol.